The zero-order valence-electron chi connectivity index (χ0n) is 12.3. The summed E-state index contributed by atoms with van der Waals surface area (Å²) in [7, 11) is -4.24. The summed E-state index contributed by atoms with van der Waals surface area (Å²) in [5.74, 6) is -2.13. The standard InChI is InChI=1S/C12H19N3O6S/c1-3-5-6-9(11(16)17)15-22(19,20)10-8(7-13-14-10)12(18)21-4-2/h7,9,15H,3-6H2,1-2H3,(H,13,14)(H,16,17). The van der Waals surface area contributed by atoms with Gasteiger partial charge in [0.2, 0.25) is 0 Å². The second-order valence-electron chi connectivity index (χ2n) is 4.49. The van der Waals surface area contributed by atoms with E-state index in [0.717, 1.165) is 12.6 Å². The van der Waals surface area contributed by atoms with Crippen molar-refractivity contribution in [2.45, 2.75) is 44.2 Å². The number of ether oxygens (including phenoxy) is 1. The van der Waals surface area contributed by atoms with E-state index < -0.39 is 33.0 Å². The van der Waals surface area contributed by atoms with Gasteiger partial charge in [0.25, 0.3) is 10.0 Å². The Labute approximate surface area is 128 Å². The third-order valence-electron chi connectivity index (χ3n) is 2.81. The number of nitrogens with one attached hydrogen (secondary N) is 2. The number of H-pyrrole nitrogens is 1. The van der Waals surface area contributed by atoms with Crippen LogP contribution in [0.25, 0.3) is 0 Å². The number of hydrogen-bond donors (Lipinski definition) is 3. The lowest BCUT2D eigenvalue weighted by Gasteiger charge is -2.14. The van der Waals surface area contributed by atoms with Crippen molar-refractivity contribution in [3.63, 3.8) is 0 Å². The highest BCUT2D eigenvalue weighted by Crippen LogP contribution is 2.15. The molecule has 0 aliphatic carbocycles. The number of aromatic amines is 1. The molecule has 124 valence electrons. The summed E-state index contributed by atoms with van der Waals surface area (Å²) >= 11 is 0. The van der Waals surface area contributed by atoms with Crippen molar-refractivity contribution in [1.29, 1.82) is 0 Å². The number of aliphatic carboxylic acids is 1. The van der Waals surface area contributed by atoms with Crippen molar-refractivity contribution >= 4 is 22.0 Å². The molecule has 0 aromatic carbocycles. The van der Waals surface area contributed by atoms with Crippen LogP contribution in [0.2, 0.25) is 0 Å². The molecule has 1 aromatic heterocycles. The Bertz CT molecular complexity index is 625. The van der Waals surface area contributed by atoms with E-state index in [1.54, 1.807) is 6.92 Å². The third-order valence-corrected chi connectivity index (χ3v) is 4.25. The number of sulfonamides is 1. The largest absolute Gasteiger partial charge is 0.480 e. The molecule has 1 atom stereocenters. The van der Waals surface area contributed by atoms with Crippen LogP contribution in [0.4, 0.5) is 0 Å². The van der Waals surface area contributed by atoms with E-state index in [4.69, 9.17) is 9.84 Å². The molecule has 0 saturated carbocycles. The van der Waals surface area contributed by atoms with Crippen LogP contribution < -0.4 is 4.72 Å². The zero-order chi connectivity index (χ0) is 16.8. The Balaban J connectivity index is 3.01. The molecule has 1 rings (SSSR count). The highest BCUT2D eigenvalue weighted by atomic mass is 32.2. The van der Waals surface area contributed by atoms with Crippen LogP contribution in [-0.4, -0.2) is 48.3 Å². The zero-order valence-corrected chi connectivity index (χ0v) is 13.1. The molecule has 0 radical (unpaired) electrons. The first kappa shape index (κ1) is 18.1. The van der Waals surface area contributed by atoms with Crippen molar-refractivity contribution in [3.05, 3.63) is 11.8 Å². The molecular weight excluding hydrogens is 314 g/mol. The van der Waals surface area contributed by atoms with Crippen molar-refractivity contribution < 1.29 is 27.9 Å². The summed E-state index contributed by atoms with van der Waals surface area (Å²) in [4.78, 5) is 22.8. The van der Waals surface area contributed by atoms with Gasteiger partial charge in [-0.05, 0) is 13.3 Å². The van der Waals surface area contributed by atoms with Gasteiger partial charge in [-0.25, -0.2) is 13.2 Å². The number of carboxylic acid groups (broad SMARTS) is 1. The predicted molar refractivity (Wildman–Crippen MR) is 75.8 cm³/mol. The molecular formula is C12H19N3O6S. The number of esters is 1. The minimum absolute atomic E-state index is 0.0746. The molecule has 22 heavy (non-hydrogen) atoms. The summed E-state index contributed by atoms with van der Waals surface area (Å²) < 4.78 is 31.3. The minimum Gasteiger partial charge on any atom is -0.480 e. The molecule has 1 aromatic rings. The molecule has 0 aliphatic heterocycles. The quantitative estimate of drug-likeness (QED) is 0.559. The van der Waals surface area contributed by atoms with Gasteiger partial charge in [-0.15, -0.1) is 0 Å². The van der Waals surface area contributed by atoms with Crippen molar-refractivity contribution in [2.24, 2.45) is 0 Å². The van der Waals surface area contributed by atoms with E-state index in [1.807, 2.05) is 6.92 Å². The average molecular weight is 333 g/mol. The van der Waals surface area contributed by atoms with E-state index in [2.05, 4.69) is 14.9 Å². The smallest absolute Gasteiger partial charge is 0.342 e. The number of rotatable bonds is 9. The van der Waals surface area contributed by atoms with Crippen LogP contribution >= 0.6 is 0 Å². The van der Waals surface area contributed by atoms with Crippen LogP contribution in [0.3, 0.4) is 0 Å². The fourth-order valence-electron chi connectivity index (χ4n) is 1.72. The molecule has 0 saturated heterocycles. The first-order valence-corrected chi connectivity index (χ1v) is 8.27. The third kappa shape index (κ3) is 4.53. The van der Waals surface area contributed by atoms with Gasteiger partial charge in [0, 0.05) is 0 Å². The van der Waals surface area contributed by atoms with Crippen LogP contribution in [0.1, 0.15) is 43.5 Å². The SMILES string of the molecule is CCCCC(NS(=O)(=O)c1[nH]ncc1C(=O)OCC)C(=O)O. The first-order chi connectivity index (χ1) is 10.3. The number of unbranched alkanes of at least 4 members (excludes halogenated alkanes) is 1. The fourth-order valence-corrected chi connectivity index (χ4v) is 3.03. The van der Waals surface area contributed by atoms with Crippen LogP contribution in [-0.2, 0) is 19.6 Å². The molecule has 1 unspecified atom stereocenters. The lowest BCUT2D eigenvalue weighted by Crippen LogP contribution is -2.41. The lowest BCUT2D eigenvalue weighted by molar-refractivity contribution is -0.139. The van der Waals surface area contributed by atoms with Gasteiger partial charge >= 0.3 is 11.9 Å². The molecule has 9 nitrogen and oxygen atoms in total. The van der Waals surface area contributed by atoms with Gasteiger partial charge in [-0.2, -0.15) is 9.82 Å². The number of hydrogen-bond acceptors (Lipinski definition) is 6. The molecule has 1 heterocycles. The Morgan fingerprint density at radius 1 is 1.45 bits per heavy atom. The van der Waals surface area contributed by atoms with E-state index in [-0.39, 0.29) is 18.6 Å². The second-order valence-corrected chi connectivity index (χ2v) is 6.14. The molecule has 0 amide bonds. The second kappa shape index (κ2) is 7.90. The topological polar surface area (TPSA) is 138 Å². The minimum atomic E-state index is -4.24. The van der Waals surface area contributed by atoms with Gasteiger partial charge in [0.15, 0.2) is 5.03 Å². The number of nitrogens with zero attached hydrogens (tertiary/aromatic N) is 1. The van der Waals surface area contributed by atoms with Gasteiger partial charge in [-0.3, -0.25) is 9.89 Å². The first-order valence-electron chi connectivity index (χ1n) is 6.79. The van der Waals surface area contributed by atoms with Gasteiger partial charge < -0.3 is 9.84 Å². The maximum absolute atomic E-state index is 12.2. The van der Waals surface area contributed by atoms with Crippen molar-refractivity contribution in [2.75, 3.05) is 6.61 Å². The Morgan fingerprint density at radius 2 is 2.14 bits per heavy atom. The summed E-state index contributed by atoms with van der Waals surface area (Å²) in [6.45, 7) is 3.52. The predicted octanol–water partition coefficient (Wildman–Crippen LogP) is 0.508. The van der Waals surface area contributed by atoms with Crippen LogP contribution in [0, 0.1) is 0 Å². The number of carbonyl (C=O) groups is 2. The summed E-state index contributed by atoms with van der Waals surface area (Å²) in [5, 5.41) is 14.3. The van der Waals surface area contributed by atoms with E-state index >= 15 is 0 Å². The summed E-state index contributed by atoms with van der Waals surface area (Å²) in [6, 6.07) is -1.27. The molecule has 0 bridgehead atoms. The van der Waals surface area contributed by atoms with Gasteiger partial charge in [0.1, 0.15) is 11.6 Å². The number of carboxylic acids is 1. The van der Waals surface area contributed by atoms with E-state index in [1.165, 1.54) is 0 Å². The molecule has 0 spiro atoms. The normalized spacial score (nSPS) is 12.8. The van der Waals surface area contributed by atoms with Gasteiger partial charge in [0.05, 0.1) is 12.8 Å². The Hall–Kier alpha value is -1.94. The van der Waals surface area contributed by atoms with Crippen molar-refractivity contribution in [1.82, 2.24) is 14.9 Å². The maximum Gasteiger partial charge on any atom is 0.342 e. The summed E-state index contributed by atoms with van der Waals surface area (Å²) in [5.41, 5.74) is -0.269. The van der Waals surface area contributed by atoms with Crippen molar-refractivity contribution in [3.8, 4) is 0 Å². The van der Waals surface area contributed by atoms with Gasteiger partial charge in [-0.1, -0.05) is 19.8 Å². The number of carbonyl (C=O) groups excluding carboxylic acids is 1. The van der Waals surface area contributed by atoms with E-state index in [9.17, 15) is 18.0 Å². The molecule has 10 heteroatoms. The molecule has 0 fully saturated rings. The molecule has 3 N–H and O–H groups in total. The highest BCUT2D eigenvalue weighted by Gasteiger charge is 2.30. The Kier molecular flexibility index (Phi) is 6.50. The number of aromatic nitrogens is 2. The molecule has 0 aliphatic rings. The summed E-state index contributed by atoms with van der Waals surface area (Å²) in [6.07, 6.45) is 2.44. The van der Waals surface area contributed by atoms with E-state index in [0.29, 0.717) is 6.42 Å². The maximum atomic E-state index is 12.2. The lowest BCUT2D eigenvalue weighted by atomic mass is 10.1. The van der Waals surface area contributed by atoms with Crippen LogP contribution in [0.15, 0.2) is 11.2 Å². The highest BCUT2D eigenvalue weighted by molar-refractivity contribution is 7.89. The monoisotopic (exact) mass is 333 g/mol. The van der Waals surface area contributed by atoms with Crippen LogP contribution in [0.5, 0.6) is 0 Å². The average Bonchev–Trinajstić information content (AvgIpc) is 2.93. The Morgan fingerprint density at radius 3 is 2.68 bits per heavy atom. The fraction of sp³-hybridized carbons (Fsp3) is 0.583.